The summed E-state index contributed by atoms with van der Waals surface area (Å²) in [5, 5.41) is 2.98. The number of hydrogen-bond acceptors (Lipinski definition) is 5. The molecule has 1 heterocycles. The molecule has 0 radical (unpaired) electrons. The first kappa shape index (κ1) is 12.4. The van der Waals surface area contributed by atoms with Crippen LogP contribution in [-0.2, 0) is 9.53 Å². The minimum absolute atomic E-state index is 0.268. The first-order valence-corrected chi connectivity index (χ1v) is 5.11. The fourth-order valence-electron chi connectivity index (χ4n) is 1.13. The molecule has 1 aromatic heterocycles. The molecule has 0 aromatic carbocycles. The molecule has 3 N–H and O–H groups in total. The van der Waals surface area contributed by atoms with Crippen molar-refractivity contribution in [3.63, 3.8) is 0 Å². The van der Waals surface area contributed by atoms with Gasteiger partial charge in [-0.2, -0.15) is 0 Å². The van der Waals surface area contributed by atoms with Gasteiger partial charge in [-0.15, -0.1) is 0 Å². The summed E-state index contributed by atoms with van der Waals surface area (Å²) in [5.41, 5.74) is 6.20. The van der Waals surface area contributed by atoms with Gasteiger partial charge in [-0.1, -0.05) is 12.2 Å². The van der Waals surface area contributed by atoms with E-state index in [4.69, 9.17) is 18.0 Å². The molecular formula is C10H13N3O2S. The van der Waals surface area contributed by atoms with Gasteiger partial charge in [0.2, 0.25) is 0 Å². The molecule has 16 heavy (non-hydrogen) atoms. The third-order valence-electron chi connectivity index (χ3n) is 1.92. The van der Waals surface area contributed by atoms with Gasteiger partial charge < -0.3 is 15.8 Å². The lowest BCUT2D eigenvalue weighted by Gasteiger charge is -2.08. The topological polar surface area (TPSA) is 77.2 Å². The number of methoxy groups -OCH3 is 1. The van der Waals surface area contributed by atoms with Crippen LogP contribution in [0.1, 0.15) is 12.0 Å². The van der Waals surface area contributed by atoms with Gasteiger partial charge in [0.15, 0.2) is 0 Å². The van der Waals surface area contributed by atoms with Crippen LogP contribution in [0, 0.1) is 0 Å². The average molecular weight is 239 g/mol. The number of carbonyl (C=O) groups excluding carboxylic acids is 1. The highest BCUT2D eigenvalue weighted by atomic mass is 32.1. The molecule has 0 unspecified atom stereocenters. The lowest BCUT2D eigenvalue weighted by molar-refractivity contribution is -0.140. The fraction of sp³-hybridized carbons (Fsp3) is 0.300. The number of hydrogen-bond donors (Lipinski definition) is 2. The van der Waals surface area contributed by atoms with Crippen LogP contribution in [-0.4, -0.2) is 29.6 Å². The van der Waals surface area contributed by atoms with E-state index in [1.165, 1.54) is 7.11 Å². The number of nitrogens with one attached hydrogen (secondary N) is 1. The lowest BCUT2D eigenvalue weighted by Crippen LogP contribution is -2.16. The number of ether oxygens (including phenoxy) is 1. The summed E-state index contributed by atoms with van der Waals surface area (Å²) in [5.74, 6) is 0.305. The zero-order valence-corrected chi connectivity index (χ0v) is 9.71. The quantitative estimate of drug-likeness (QED) is 0.581. The van der Waals surface area contributed by atoms with Crippen molar-refractivity contribution in [1.82, 2.24) is 4.98 Å². The van der Waals surface area contributed by atoms with Crippen molar-refractivity contribution in [2.45, 2.75) is 6.42 Å². The summed E-state index contributed by atoms with van der Waals surface area (Å²) in [6, 6.07) is 3.52. The standard InChI is InChI=1S/C10H13N3O2S/c1-15-8(14)4-6-13-10-7(9(11)16)3-2-5-12-10/h2-3,5H,4,6H2,1H3,(H2,11,16)(H,12,13). The van der Waals surface area contributed by atoms with E-state index in [2.05, 4.69) is 15.0 Å². The lowest BCUT2D eigenvalue weighted by atomic mass is 10.2. The van der Waals surface area contributed by atoms with Gasteiger partial charge in [-0.3, -0.25) is 4.79 Å². The maximum Gasteiger partial charge on any atom is 0.307 e. The highest BCUT2D eigenvalue weighted by Gasteiger charge is 2.06. The average Bonchev–Trinajstić information content (AvgIpc) is 2.29. The number of nitrogens with two attached hydrogens (primary N) is 1. The largest absolute Gasteiger partial charge is 0.469 e. The summed E-state index contributed by atoms with van der Waals surface area (Å²) in [6.45, 7) is 0.430. The molecule has 0 aliphatic carbocycles. The highest BCUT2D eigenvalue weighted by molar-refractivity contribution is 7.80. The molecule has 0 aliphatic heterocycles. The van der Waals surface area contributed by atoms with Crippen molar-refractivity contribution in [2.24, 2.45) is 5.73 Å². The molecule has 0 aliphatic rings. The number of rotatable bonds is 5. The third-order valence-corrected chi connectivity index (χ3v) is 2.14. The van der Waals surface area contributed by atoms with Crippen LogP contribution in [0.3, 0.4) is 0 Å². The van der Waals surface area contributed by atoms with Crippen LogP contribution < -0.4 is 11.1 Å². The second kappa shape index (κ2) is 6.02. The Morgan fingerprint density at radius 3 is 3.06 bits per heavy atom. The van der Waals surface area contributed by atoms with Crippen molar-refractivity contribution in [2.75, 3.05) is 19.0 Å². The van der Waals surface area contributed by atoms with Crippen LogP contribution in [0.5, 0.6) is 0 Å². The molecule has 5 nitrogen and oxygen atoms in total. The van der Waals surface area contributed by atoms with E-state index in [-0.39, 0.29) is 17.4 Å². The number of aromatic nitrogens is 1. The number of anilines is 1. The Balaban J connectivity index is 2.60. The number of nitrogens with zero attached hydrogens (tertiary/aromatic N) is 1. The van der Waals surface area contributed by atoms with Crippen LogP contribution in [0.25, 0.3) is 0 Å². The second-order valence-corrected chi connectivity index (χ2v) is 3.46. The van der Waals surface area contributed by atoms with E-state index in [0.29, 0.717) is 17.9 Å². The van der Waals surface area contributed by atoms with Crippen LogP contribution >= 0.6 is 12.2 Å². The second-order valence-electron chi connectivity index (χ2n) is 3.02. The van der Waals surface area contributed by atoms with Gasteiger partial charge in [0.05, 0.1) is 19.1 Å². The summed E-state index contributed by atoms with van der Waals surface area (Å²) in [4.78, 5) is 15.3. The number of thiocarbonyl (C=S) groups is 1. The first-order chi connectivity index (χ1) is 7.65. The van der Waals surface area contributed by atoms with Crippen molar-refractivity contribution < 1.29 is 9.53 Å². The third kappa shape index (κ3) is 3.47. The highest BCUT2D eigenvalue weighted by Crippen LogP contribution is 2.10. The van der Waals surface area contributed by atoms with Crippen molar-refractivity contribution >= 4 is 29.0 Å². The maximum atomic E-state index is 10.9. The molecule has 0 amide bonds. The van der Waals surface area contributed by atoms with Gasteiger partial charge in [-0.25, -0.2) is 4.98 Å². The summed E-state index contributed by atoms with van der Waals surface area (Å²) in [7, 11) is 1.35. The minimum Gasteiger partial charge on any atom is -0.469 e. The smallest absolute Gasteiger partial charge is 0.307 e. The molecule has 0 saturated carbocycles. The molecule has 1 rings (SSSR count). The molecule has 0 bridgehead atoms. The van der Waals surface area contributed by atoms with Crippen LogP contribution in [0.15, 0.2) is 18.3 Å². The zero-order valence-electron chi connectivity index (χ0n) is 8.90. The molecule has 0 saturated heterocycles. The Labute approximate surface area is 99.0 Å². The minimum atomic E-state index is -0.277. The van der Waals surface area contributed by atoms with E-state index in [9.17, 15) is 4.79 Å². The Morgan fingerprint density at radius 1 is 1.69 bits per heavy atom. The van der Waals surface area contributed by atoms with Crippen molar-refractivity contribution in [3.8, 4) is 0 Å². The molecule has 86 valence electrons. The van der Waals surface area contributed by atoms with Gasteiger partial charge in [0, 0.05) is 12.7 Å². The molecule has 1 aromatic rings. The first-order valence-electron chi connectivity index (χ1n) is 4.70. The number of esters is 1. The molecule has 0 spiro atoms. The molecule has 6 heteroatoms. The van der Waals surface area contributed by atoms with Gasteiger partial charge >= 0.3 is 5.97 Å². The Hall–Kier alpha value is -1.69. The van der Waals surface area contributed by atoms with E-state index in [1.807, 2.05) is 0 Å². The Morgan fingerprint density at radius 2 is 2.44 bits per heavy atom. The van der Waals surface area contributed by atoms with Crippen LogP contribution in [0.2, 0.25) is 0 Å². The van der Waals surface area contributed by atoms with Crippen molar-refractivity contribution in [3.05, 3.63) is 23.9 Å². The Kier molecular flexibility index (Phi) is 4.65. The summed E-state index contributed by atoms with van der Waals surface area (Å²) >= 11 is 4.88. The molecule has 0 atom stereocenters. The molecular weight excluding hydrogens is 226 g/mol. The zero-order chi connectivity index (χ0) is 12.0. The fourth-order valence-corrected chi connectivity index (χ4v) is 1.29. The summed E-state index contributed by atoms with van der Waals surface area (Å²) < 4.78 is 4.52. The van der Waals surface area contributed by atoms with Crippen LogP contribution in [0.4, 0.5) is 5.82 Å². The molecule has 0 fully saturated rings. The predicted molar refractivity (Wildman–Crippen MR) is 65.2 cm³/mol. The van der Waals surface area contributed by atoms with Gasteiger partial charge in [0.1, 0.15) is 10.8 Å². The van der Waals surface area contributed by atoms with E-state index in [1.54, 1.807) is 18.3 Å². The summed E-state index contributed by atoms with van der Waals surface area (Å²) in [6.07, 6.45) is 1.89. The predicted octanol–water partition coefficient (Wildman–Crippen LogP) is 0.691. The number of pyridine rings is 1. The van der Waals surface area contributed by atoms with Gasteiger partial charge in [0.25, 0.3) is 0 Å². The SMILES string of the molecule is COC(=O)CCNc1ncccc1C(N)=S. The van der Waals surface area contributed by atoms with E-state index in [0.717, 1.165) is 0 Å². The Bertz CT molecular complexity index is 395. The normalized spacial score (nSPS) is 9.56. The van der Waals surface area contributed by atoms with Crippen molar-refractivity contribution in [1.29, 1.82) is 0 Å². The van der Waals surface area contributed by atoms with Gasteiger partial charge in [-0.05, 0) is 12.1 Å². The maximum absolute atomic E-state index is 10.9. The van der Waals surface area contributed by atoms with E-state index < -0.39 is 0 Å². The number of carbonyl (C=O) groups is 1. The monoisotopic (exact) mass is 239 g/mol. The van der Waals surface area contributed by atoms with E-state index >= 15 is 0 Å².